The molecule has 0 amide bonds. The molecule has 0 fully saturated rings. The second-order valence-electron chi connectivity index (χ2n) is 8.77. The number of thiazole rings is 1. The standard InChI is InChI=1S/C28H29BrN2O6S/c1-7-36-27(33)24-16(4)30-28-31(25(24)17-8-10-19(11-9-17)37-15(2)3)26(32)23(38-28)13-18-12-20(29)22(35-6)14-21(18)34-5/h8-15,25H,7H2,1-6H3. The molecule has 0 aliphatic carbocycles. The molecule has 200 valence electrons. The molecule has 0 radical (unpaired) electrons. The van der Waals surface area contributed by atoms with Crippen LogP contribution in [0, 0.1) is 0 Å². The predicted molar refractivity (Wildman–Crippen MR) is 150 cm³/mol. The quantitative estimate of drug-likeness (QED) is 0.357. The van der Waals surface area contributed by atoms with E-state index in [4.69, 9.17) is 18.9 Å². The van der Waals surface area contributed by atoms with Crippen molar-refractivity contribution in [2.75, 3.05) is 20.8 Å². The van der Waals surface area contributed by atoms with Crippen molar-refractivity contribution < 1.29 is 23.7 Å². The van der Waals surface area contributed by atoms with Gasteiger partial charge < -0.3 is 18.9 Å². The summed E-state index contributed by atoms with van der Waals surface area (Å²) in [5, 5.41) is 0. The summed E-state index contributed by atoms with van der Waals surface area (Å²) in [6.45, 7) is 7.62. The summed E-state index contributed by atoms with van der Waals surface area (Å²) in [7, 11) is 3.13. The van der Waals surface area contributed by atoms with Gasteiger partial charge in [0.2, 0.25) is 0 Å². The summed E-state index contributed by atoms with van der Waals surface area (Å²) in [4.78, 5) is 32.1. The van der Waals surface area contributed by atoms with E-state index >= 15 is 0 Å². The molecule has 1 aliphatic rings. The van der Waals surface area contributed by atoms with E-state index < -0.39 is 12.0 Å². The molecule has 1 aliphatic heterocycles. The number of carbonyl (C=O) groups is 1. The minimum absolute atomic E-state index is 0.0192. The first-order chi connectivity index (χ1) is 18.2. The normalized spacial score (nSPS) is 15.3. The summed E-state index contributed by atoms with van der Waals surface area (Å²) in [5.74, 6) is 1.36. The first kappa shape index (κ1) is 27.7. The number of hydrogen-bond acceptors (Lipinski definition) is 8. The highest BCUT2D eigenvalue weighted by Crippen LogP contribution is 2.34. The second-order valence-corrected chi connectivity index (χ2v) is 10.6. The Kier molecular flexibility index (Phi) is 8.42. The molecule has 38 heavy (non-hydrogen) atoms. The van der Waals surface area contributed by atoms with Gasteiger partial charge in [0.15, 0.2) is 4.80 Å². The smallest absolute Gasteiger partial charge is 0.338 e. The molecule has 0 N–H and O–H groups in total. The Morgan fingerprint density at radius 2 is 1.84 bits per heavy atom. The van der Waals surface area contributed by atoms with Crippen molar-refractivity contribution in [1.29, 1.82) is 0 Å². The van der Waals surface area contributed by atoms with Crippen molar-refractivity contribution in [2.45, 2.75) is 39.8 Å². The lowest BCUT2D eigenvalue weighted by Crippen LogP contribution is -2.39. The fourth-order valence-corrected chi connectivity index (χ4v) is 5.81. The fourth-order valence-electron chi connectivity index (χ4n) is 4.25. The topological polar surface area (TPSA) is 88.4 Å². The molecule has 0 spiro atoms. The molecule has 1 unspecified atom stereocenters. The average Bonchev–Trinajstić information content (AvgIpc) is 3.18. The highest BCUT2D eigenvalue weighted by molar-refractivity contribution is 9.10. The van der Waals surface area contributed by atoms with Crippen LogP contribution < -0.4 is 29.1 Å². The number of esters is 1. The van der Waals surface area contributed by atoms with Crippen LogP contribution in [-0.4, -0.2) is 37.5 Å². The van der Waals surface area contributed by atoms with Gasteiger partial charge in [-0.3, -0.25) is 9.36 Å². The Bertz CT molecular complexity index is 1570. The van der Waals surface area contributed by atoms with Crippen LogP contribution in [0.15, 0.2) is 61.9 Å². The molecule has 2 heterocycles. The van der Waals surface area contributed by atoms with Crippen molar-refractivity contribution in [2.24, 2.45) is 4.99 Å². The summed E-state index contributed by atoms with van der Waals surface area (Å²) in [5.41, 5.74) is 2.00. The number of methoxy groups -OCH3 is 2. The molecule has 4 rings (SSSR count). The molecular weight excluding hydrogens is 572 g/mol. The minimum Gasteiger partial charge on any atom is -0.496 e. The van der Waals surface area contributed by atoms with Gasteiger partial charge >= 0.3 is 5.97 Å². The molecule has 0 saturated carbocycles. The molecule has 10 heteroatoms. The zero-order valence-corrected chi connectivity index (χ0v) is 24.4. The monoisotopic (exact) mass is 600 g/mol. The molecule has 1 atom stereocenters. The minimum atomic E-state index is -0.704. The van der Waals surface area contributed by atoms with E-state index in [2.05, 4.69) is 20.9 Å². The maximum Gasteiger partial charge on any atom is 0.338 e. The van der Waals surface area contributed by atoms with Gasteiger partial charge in [0.1, 0.15) is 17.2 Å². The summed E-state index contributed by atoms with van der Waals surface area (Å²) in [6, 6.07) is 10.3. The van der Waals surface area contributed by atoms with E-state index in [1.807, 2.05) is 44.2 Å². The van der Waals surface area contributed by atoms with Crippen LogP contribution >= 0.6 is 27.3 Å². The highest BCUT2D eigenvalue weighted by Gasteiger charge is 2.33. The van der Waals surface area contributed by atoms with E-state index in [1.165, 1.54) is 11.3 Å². The number of hydrogen-bond donors (Lipinski definition) is 0. The Hall–Kier alpha value is -3.37. The number of allylic oxidation sites excluding steroid dienone is 1. The van der Waals surface area contributed by atoms with E-state index in [0.717, 1.165) is 10.0 Å². The number of benzene rings is 2. The molecule has 0 saturated heterocycles. The number of carbonyl (C=O) groups excluding carboxylic acids is 1. The van der Waals surface area contributed by atoms with Crippen molar-refractivity contribution in [1.82, 2.24) is 4.57 Å². The predicted octanol–water partition coefficient (Wildman–Crippen LogP) is 4.37. The zero-order valence-electron chi connectivity index (χ0n) is 22.0. The number of fused-ring (bicyclic) bond motifs is 1. The maximum absolute atomic E-state index is 13.9. The van der Waals surface area contributed by atoms with Crippen molar-refractivity contribution >= 4 is 39.3 Å². The largest absolute Gasteiger partial charge is 0.496 e. The van der Waals surface area contributed by atoms with Gasteiger partial charge in [0.25, 0.3) is 5.56 Å². The molecule has 3 aromatic rings. The zero-order chi connectivity index (χ0) is 27.6. The van der Waals surface area contributed by atoms with Gasteiger partial charge in [-0.15, -0.1) is 0 Å². The SMILES string of the molecule is CCOC(=O)C1=C(C)N=c2sc(=Cc3cc(Br)c(OC)cc3OC)c(=O)n2C1c1ccc(OC(C)C)cc1. The van der Waals surface area contributed by atoms with Crippen molar-refractivity contribution in [3.8, 4) is 17.2 Å². The van der Waals surface area contributed by atoms with Crippen molar-refractivity contribution in [3.05, 3.63) is 83.0 Å². The van der Waals surface area contributed by atoms with E-state index in [1.54, 1.807) is 44.8 Å². The Balaban J connectivity index is 1.92. The lowest BCUT2D eigenvalue weighted by atomic mass is 9.96. The highest BCUT2D eigenvalue weighted by atomic mass is 79.9. The first-order valence-electron chi connectivity index (χ1n) is 12.1. The third kappa shape index (κ3) is 5.42. The van der Waals surface area contributed by atoms with E-state index in [-0.39, 0.29) is 18.3 Å². The van der Waals surface area contributed by atoms with Gasteiger partial charge in [0.05, 0.1) is 53.2 Å². The molecule has 2 aromatic carbocycles. The van der Waals surface area contributed by atoms with E-state index in [9.17, 15) is 9.59 Å². The number of nitrogens with zero attached hydrogens (tertiary/aromatic N) is 2. The second kappa shape index (κ2) is 11.6. The molecule has 1 aromatic heterocycles. The average molecular weight is 602 g/mol. The Morgan fingerprint density at radius 1 is 1.16 bits per heavy atom. The van der Waals surface area contributed by atoms with Gasteiger partial charge in [-0.2, -0.15) is 0 Å². The maximum atomic E-state index is 13.9. The number of aromatic nitrogens is 1. The number of ether oxygens (including phenoxy) is 4. The Labute approximate surface area is 233 Å². The molecule has 0 bridgehead atoms. The van der Waals surface area contributed by atoms with Crippen LogP contribution in [0.4, 0.5) is 0 Å². The van der Waals surface area contributed by atoms with Gasteiger partial charge in [-0.25, -0.2) is 9.79 Å². The summed E-state index contributed by atoms with van der Waals surface area (Å²) in [6.07, 6.45) is 1.78. The fraction of sp³-hybridized carbons (Fsp3) is 0.321. The van der Waals surface area contributed by atoms with Crippen LogP contribution in [0.2, 0.25) is 0 Å². The van der Waals surface area contributed by atoms with Crippen LogP contribution in [-0.2, 0) is 9.53 Å². The van der Waals surface area contributed by atoms with Crippen molar-refractivity contribution in [3.63, 3.8) is 0 Å². The third-order valence-electron chi connectivity index (χ3n) is 5.88. The van der Waals surface area contributed by atoms with Crippen LogP contribution in [0.25, 0.3) is 6.08 Å². The lowest BCUT2D eigenvalue weighted by Gasteiger charge is -2.25. The van der Waals surface area contributed by atoms with Crippen LogP contribution in [0.1, 0.15) is 44.9 Å². The van der Waals surface area contributed by atoms with Gasteiger partial charge in [-0.05, 0) is 73.5 Å². The van der Waals surface area contributed by atoms with Crippen LogP contribution in [0.5, 0.6) is 17.2 Å². The number of halogens is 1. The molecule has 8 nitrogen and oxygen atoms in total. The first-order valence-corrected chi connectivity index (χ1v) is 13.7. The number of rotatable bonds is 8. The van der Waals surface area contributed by atoms with Gasteiger partial charge in [0, 0.05) is 11.6 Å². The molecular formula is C28H29BrN2O6S. The summed E-state index contributed by atoms with van der Waals surface area (Å²) >= 11 is 4.75. The van der Waals surface area contributed by atoms with Gasteiger partial charge in [-0.1, -0.05) is 23.5 Å². The van der Waals surface area contributed by atoms with E-state index in [0.29, 0.717) is 43.4 Å². The lowest BCUT2D eigenvalue weighted by molar-refractivity contribution is -0.139. The Morgan fingerprint density at radius 3 is 2.45 bits per heavy atom. The third-order valence-corrected chi connectivity index (χ3v) is 7.48. The van der Waals surface area contributed by atoms with Crippen LogP contribution in [0.3, 0.4) is 0 Å². The summed E-state index contributed by atoms with van der Waals surface area (Å²) < 4.78 is 24.8.